The van der Waals surface area contributed by atoms with Gasteiger partial charge < -0.3 is 48.3 Å². The zero-order valence-corrected chi connectivity index (χ0v) is 22.7. The molecule has 14 heteroatoms. The Balaban J connectivity index is -0.00000612. The molecule has 0 radical (unpaired) electrons. The highest BCUT2D eigenvalue weighted by molar-refractivity contribution is 7.45. The molecule has 2 atom stereocenters. The molecule has 0 aromatic rings. The average Bonchev–Trinajstić information content (AvgIpc) is 2.85. The fourth-order valence-corrected chi connectivity index (χ4v) is 3.14. The first kappa shape index (κ1) is 41.3. The zero-order chi connectivity index (χ0) is 26.9. The third kappa shape index (κ3) is 27.9. The van der Waals surface area contributed by atoms with Gasteiger partial charge in [-0.25, -0.2) is 0 Å². The standard InChI is InChI=1S/C22H45N2O11P.2CH4/c1-29-14-16-33-19-20(34-17-15-30-2)18-32-12-7-11-24-22(26)9-6-8-21(25)23-10-4-5-13-35-36(27,28)31-3;;/h20H,4-19H2,1-3H3,(H,23,25)(H,24,26)(H,27,28);2*1H4/p-1. The monoisotopic (exact) mass is 575 g/mol. The molecule has 0 saturated carbocycles. The third-order valence-corrected chi connectivity index (χ3v) is 5.59. The fourth-order valence-electron chi connectivity index (χ4n) is 2.69. The van der Waals surface area contributed by atoms with Gasteiger partial charge >= 0.3 is 0 Å². The number of phosphoric ester groups is 1. The Morgan fingerprint density at radius 2 is 1.29 bits per heavy atom. The largest absolute Gasteiger partial charge is 0.756 e. The SMILES string of the molecule is C.C.COCCOCC(COCCCNC(=O)CCCC(=O)NCCCCOP(=O)([O-])OC)OCCOC. The van der Waals surface area contributed by atoms with E-state index >= 15 is 0 Å². The molecule has 230 valence electrons. The summed E-state index contributed by atoms with van der Waals surface area (Å²) >= 11 is 0. The molecule has 13 nitrogen and oxygen atoms in total. The van der Waals surface area contributed by atoms with Crippen LogP contribution in [0.1, 0.15) is 53.4 Å². The number of ether oxygens (including phenoxy) is 5. The minimum atomic E-state index is -4.19. The molecule has 2 unspecified atom stereocenters. The van der Waals surface area contributed by atoms with Crippen LogP contribution in [0.25, 0.3) is 0 Å². The summed E-state index contributed by atoms with van der Waals surface area (Å²) in [4.78, 5) is 34.7. The predicted molar refractivity (Wildman–Crippen MR) is 143 cm³/mol. The molecule has 0 aromatic carbocycles. The first-order valence-corrected chi connectivity index (χ1v) is 13.6. The summed E-state index contributed by atoms with van der Waals surface area (Å²) in [5.41, 5.74) is 0. The summed E-state index contributed by atoms with van der Waals surface area (Å²) in [5.74, 6) is -0.274. The quantitative estimate of drug-likeness (QED) is 0.114. The summed E-state index contributed by atoms with van der Waals surface area (Å²) in [6.45, 7) is 4.04. The van der Waals surface area contributed by atoms with Gasteiger partial charge in [0, 0.05) is 53.9 Å². The van der Waals surface area contributed by atoms with E-state index in [1.165, 1.54) is 0 Å². The molecule has 38 heavy (non-hydrogen) atoms. The van der Waals surface area contributed by atoms with Crippen LogP contribution in [-0.2, 0) is 46.9 Å². The van der Waals surface area contributed by atoms with E-state index in [0.717, 1.165) is 7.11 Å². The van der Waals surface area contributed by atoms with Crippen molar-refractivity contribution in [3.8, 4) is 0 Å². The predicted octanol–water partition coefficient (Wildman–Crippen LogP) is 1.67. The maximum absolute atomic E-state index is 11.9. The Hall–Kier alpha value is -1.15. The highest BCUT2D eigenvalue weighted by Gasteiger charge is 2.10. The van der Waals surface area contributed by atoms with Crippen LogP contribution in [0.15, 0.2) is 0 Å². The molecule has 0 aliphatic carbocycles. The van der Waals surface area contributed by atoms with Gasteiger partial charge in [-0.2, -0.15) is 0 Å². The molecule has 2 amide bonds. The summed E-state index contributed by atoms with van der Waals surface area (Å²) in [5, 5.41) is 5.53. The molecule has 2 N–H and O–H groups in total. The molecule has 0 saturated heterocycles. The number of carbonyl (C=O) groups excluding carboxylic acids is 2. The second kappa shape index (κ2) is 28.8. The highest BCUT2D eigenvalue weighted by Crippen LogP contribution is 2.36. The van der Waals surface area contributed by atoms with E-state index in [9.17, 15) is 19.0 Å². The van der Waals surface area contributed by atoms with Gasteiger partial charge in [0.05, 0.1) is 46.2 Å². The summed E-state index contributed by atoms with van der Waals surface area (Å²) in [7, 11) is 0.0572. The van der Waals surface area contributed by atoms with Gasteiger partial charge in [0.1, 0.15) is 6.10 Å². The number of phosphoric acid groups is 1. The van der Waals surface area contributed by atoms with Gasteiger partial charge in [0.2, 0.25) is 11.8 Å². The van der Waals surface area contributed by atoms with Crippen LogP contribution in [0.3, 0.4) is 0 Å². The van der Waals surface area contributed by atoms with Crippen molar-refractivity contribution in [2.75, 3.05) is 87.3 Å². The van der Waals surface area contributed by atoms with E-state index in [2.05, 4.69) is 19.7 Å². The molecule has 0 heterocycles. The van der Waals surface area contributed by atoms with Gasteiger partial charge in [0.15, 0.2) is 0 Å². The Labute approximate surface area is 229 Å². The lowest BCUT2D eigenvalue weighted by atomic mass is 10.2. The van der Waals surface area contributed by atoms with Crippen LogP contribution in [0, 0.1) is 0 Å². The third-order valence-electron chi connectivity index (χ3n) is 4.64. The van der Waals surface area contributed by atoms with Crippen molar-refractivity contribution >= 4 is 19.6 Å². The summed E-state index contributed by atoms with van der Waals surface area (Å²) < 4.78 is 46.5. The number of carbonyl (C=O) groups is 2. The van der Waals surface area contributed by atoms with E-state index in [1.54, 1.807) is 14.2 Å². The number of methoxy groups -OCH3 is 2. The molecule has 0 spiro atoms. The van der Waals surface area contributed by atoms with Crippen molar-refractivity contribution in [1.82, 2.24) is 10.6 Å². The first-order chi connectivity index (χ1) is 17.3. The van der Waals surface area contributed by atoms with E-state index in [0.29, 0.717) is 85.0 Å². The van der Waals surface area contributed by atoms with E-state index in [-0.39, 0.29) is 52.2 Å². The number of unbranched alkanes of at least 4 members (excludes halogenated alkanes) is 1. The minimum Gasteiger partial charge on any atom is -0.756 e. The fraction of sp³-hybridized carbons (Fsp3) is 0.917. The van der Waals surface area contributed by atoms with Crippen molar-refractivity contribution in [3.63, 3.8) is 0 Å². The number of nitrogens with one attached hydrogen (secondary N) is 2. The van der Waals surface area contributed by atoms with Gasteiger partial charge in [-0.1, -0.05) is 14.9 Å². The Morgan fingerprint density at radius 1 is 0.737 bits per heavy atom. The molecule has 0 aliphatic rings. The highest BCUT2D eigenvalue weighted by atomic mass is 31.2. The van der Waals surface area contributed by atoms with Crippen LogP contribution in [0.2, 0.25) is 0 Å². The molecule has 0 aliphatic heterocycles. The summed E-state index contributed by atoms with van der Waals surface area (Å²) in [6, 6.07) is 0. The molecule has 0 fully saturated rings. The second-order valence-electron chi connectivity index (χ2n) is 7.71. The summed E-state index contributed by atoms with van der Waals surface area (Å²) in [6.07, 6.45) is 2.41. The number of rotatable bonds is 26. The van der Waals surface area contributed by atoms with E-state index in [1.807, 2.05) is 0 Å². The van der Waals surface area contributed by atoms with Crippen molar-refractivity contribution < 1.29 is 51.8 Å². The lowest BCUT2D eigenvalue weighted by Gasteiger charge is -2.19. The maximum Gasteiger partial charge on any atom is 0.267 e. The molecule has 0 rings (SSSR count). The lowest BCUT2D eigenvalue weighted by Crippen LogP contribution is -2.29. The van der Waals surface area contributed by atoms with Gasteiger partial charge in [0.25, 0.3) is 7.82 Å². The van der Waals surface area contributed by atoms with Crippen molar-refractivity contribution in [3.05, 3.63) is 0 Å². The van der Waals surface area contributed by atoms with Crippen molar-refractivity contribution in [2.24, 2.45) is 0 Å². The van der Waals surface area contributed by atoms with Crippen LogP contribution in [-0.4, -0.2) is 105 Å². The molecule has 0 bridgehead atoms. The van der Waals surface area contributed by atoms with Crippen molar-refractivity contribution in [2.45, 2.75) is 59.5 Å². The van der Waals surface area contributed by atoms with Crippen molar-refractivity contribution in [1.29, 1.82) is 0 Å². The first-order valence-electron chi connectivity index (χ1n) is 12.1. The van der Waals surface area contributed by atoms with Crippen LogP contribution >= 0.6 is 7.82 Å². The Kier molecular flexibility index (Phi) is 31.4. The Bertz CT molecular complexity index is 600. The van der Waals surface area contributed by atoms with Crippen LogP contribution in [0.5, 0.6) is 0 Å². The molecular weight excluding hydrogens is 523 g/mol. The Morgan fingerprint density at radius 3 is 1.87 bits per heavy atom. The maximum atomic E-state index is 11.9. The molecule has 0 aromatic heterocycles. The minimum absolute atomic E-state index is 0. The average molecular weight is 576 g/mol. The number of amides is 2. The lowest BCUT2D eigenvalue weighted by molar-refractivity contribution is -0.223. The van der Waals surface area contributed by atoms with E-state index < -0.39 is 7.82 Å². The molecular formula is C24H52N2O11P-. The van der Waals surface area contributed by atoms with Gasteiger partial charge in [-0.15, -0.1) is 0 Å². The van der Waals surface area contributed by atoms with Crippen LogP contribution in [0.4, 0.5) is 0 Å². The van der Waals surface area contributed by atoms with E-state index in [4.69, 9.17) is 23.7 Å². The second-order valence-corrected chi connectivity index (χ2v) is 9.22. The van der Waals surface area contributed by atoms with Crippen LogP contribution < -0.4 is 15.5 Å². The number of hydrogen-bond donors (Lipinski definition) is 2. The normalized spacial score (nSPS) is 13.1. The zero-order valence-electron chi connectivity index (χ0n) is 21.8. The smallest absolute Gasteiger partial charge is 0.267 e. The van der Waals surface area contributed by atoms with Gasteiger partial charge in [-0.05, 0) is 25.7 Å². The topological polar surface area (TPSA) is 163 Å². The number of hydrogen-bond acceptors (Lipinski definition) is 11. The van der Waals surface area contributed by atoms with Gasteiger partial charge in [-0.3, -0.25) is 14.2 Å².